The monoisotopic (exact) mass is 393 g/mol. The van der Waals surface area contributed by atoms with Crippen molar-refractivity contribution in [3.8, 4) is 11.4 Å². The van der Waals surface area contributed by atoms with Gasteiger partial charge in [0.05, 0.1) is 35.1 Å². The fourth-order valence-corrected chi connectivity index (χ4v) is 3.85. The van der Waals surface area contributed by atoms with E-state index in [0.717, 1.165) is 16.5 Å². The molecule has 0 spiro atoms. The first-order valence-corrected chi connectivity index (χ1v) is 9.35. The van der Waals surface area contributed by atoms with Gasteiger partial charge in [-0.25, -0.2) is 9.78 Å². The molecule has 148 valence electrons. The molecule has 0 saturated heterocycles. The van der Waals surface area contributed by atoms with Crippen LogP contribution in [0.4, 0.5) is 0 Å². The van der Waals surface area contributed by atoms with E-state index in [2.05, 4.69) is 0 Å². The van der Waals surface area contributed by atoms with Crippen molar-refractivity contribution in [1.29, 1.82) is 0 Å². The van der Waals surface area contributed by atoms with Crippen molar-refractivity contribution in [3.63, 3.8) is 0 Å². The Hall–Kier alpha value is -3.07. The first-order valence-electron chi connectivity index (χ1n) is 9.35. The van der Waals surface area contributed by atoms with Crippen LogP contribution in [0.3, 0.4) is 0 Å². The topological polar surface area (TPSA) is 117 Å². The number of para-hydroxylation sites is 1. The molecular formula is C21H19N3O5. The van der Waals surface area contributed by atoms with Crippen molar-refractivity contribution >= 4 is 16.9 Å². The lowest BCUT2D eigenvalue weighted by Crippen LogP contribution is -2.39. The number of nitrogens with zero attached hydrogens (tertiary/aromatic N) is 2. The zero-order valence-corrected chi connectivity index (χ0v) is 15.7. The number of cyclic esters (lactones) is 1. The van der Waals surface area contributed by atoms with Crippen LogP contribution in [0, 0.1) is 0 Å². The zero-order valence-electron chi connectivity index (χ0n) is 15.7. The van der Waals surface area contributed by atoms with E-state index >= 15 is 0 Å². The highest BCUT2D eigenvalue weighted by atomic mass is 16.6. The fourth-order valence-electron chi connectivity index (χ4n) is 3.85. The number of hydrogen-bond acceptors (Lipinski definition) is 7. The molecule has 3 atom stereocenters. The highest BCUT2D eigenvalue weighted by molar-refractivity contribution is 5.85. The predicted octanol–water partition coefficient (Wildman–Crippen LogP) is 1.21. The van der Waals surface area contributed by atoms with Crippen LogP contribution in [0.5, 0.6) is 0 Å². The number of carbonyl (C=O) groups excluding carboxylic acids is 1. The normalized spacial score (nSPS) is 19.3. The van der Waals surface area contributed by atoms with Crippen LogP contribution in [0.15, 0.2) is 41.2 Å². The van der Waals surface area contributed by atoms with E-state index < -0.39 is 24.4 Å². The van der Waals surface area contributed by atoms with Crippen LogP contribution in [0.1, 0.15) is 29.7 Å². The molecule has 2 aromatic heterocycles. The zero-order chi connectivity index (χ0) is 20.3. The summed E-state index contributed by atoms with van der Waals surface area (Å²) in [5, 5.41) is 11.0. The smallest absolute Gasteiger partial charge is 0.340 e. The maximum atomic E-state index is 13.1. The largest absolute Gasteiger partial charge is 0.458 e. The Labute approximate surface area is 165 Å². The molecule has 1 aromatic carbocycles. The Bertz CT molecular complexity index is 1220. The molecule has 0 amide bonds. The number of rotatable bonds is 3. The third-order valence-electron chi connectivity index (χ3n) is 5.39. The van der Waals surface area contributed by atoms with Crippen LogP contribution in [-0.4, -0.2) is 33.0 Å². The van der Waals surface area contributed by atoms with Crippen molar-refractivity contribution in [2.24, 2.45) is 5.73 Å². The summed E-state index contributed by atoms with van der Waals surface area (Å²) in [5.74, 6) is -0.661. The molecule has 3 aromatic rings. The summed E-state index contributed by atoms with van der Waals surface area (Å²) in [6.07, 6.45) is -2.59. The van der Waals surface area contributed by atoms with Crippen LogP contribution in [-0.2, 0) is 27.4 Å². The Morgan fingerprint density at radius 3 is 2.90 bits per heavy atom. The van der Waals surface area contributed by atoms with Gasteiger partial charge >= 0.3 is 5.97 Å². The van der Waals surface area contributed by atoms with E-state index in [-0.39, 0.29) is 12.2 Å². The summed E-state index contributed by atoms with van der Waals surface area (Å²) >= 11 is 0. The lowest BCUT2D eigenvalue weighted by atomic mass is 10.00. The number of ether oxygens (including phenoxy) is 2. The number of carbonyl (C=O) groups is 1. The molecule has 8 heteroatoms. The highest BCUT2D eigenvalue weighted by Gasteiger charge is 2.37. The molecule has 29 heavy (non-hydrogen) atoms. The standard InChI is InChI=1S/C21H19N3O5/c1-10(22)20(26)29-18-13-7-16-17-12(6-11-4-2-3-5-15(11)23-17)8-24(16)19(25)14(13)9-28-21(18)27/h2-7,10,18,20,26H,8-9,22H2,1H3/t10?,18-,20?/m0/s1. The Morgan fingerprint density at radius 2 is 2.10 bits per heavy atom. The maximum Gasteiger partial charge on any atom is 0.340 e. The average molecular weight is 393 g/mol. The van der Waals surface area contributed by atoms with Crippen LogP contribution >= 0.6 is 0 Å². The number of nitrogens with two attached hydrogens (primary N) is 1. The average Bonchev–Trinajstić information content (AvgIpc) is 3.06. The molecule has 3 N–H and O–H groups in total. The van der Waals surface area contributed by atoms with E-state index in [1.54, 1.807) is 17.6 Å². The Kier molecular flexibility index (Phi) is 4.02. The van der Waals surface area contributed by atoms with Gasteiger partial charge in [-0.3, -0.25) is 4.79 Å². The first-order chi connectivity index (χ1) is 13.9. The third-order valence-corrected chi connectivity index (χ3v) is 5.39. The van der Waals surface area contributed by atoms with E-state index in [1.165, 1.54) is 0 Å². The molecule has 0 saturated carbocycles. The summed E-state index contributed by atoms with van der Waals surface area (Å²) < 4.78 is 12.2. The third kappa shape index (κ3) is 2.76. The van der Waals surface area contributed by atoms with Gasteiger partial charge in [0.2, 0.25) is 0 Å². The number of fused-ring (bicyclic) bond motifs is 5. The van der Waals surface area contributed by atoms with Gasteiger partial charge in [-0.1, -0.05) is 18.2 Å². The van der Waals surface area contributed by atoms with E-state index in [4.69, 9.17) is 20.2 Å². The van der Waals surface area contributed by atoms with Gasteiger partial charge in [-0.2, -0.15) is 0 Å². The summed E-state index contributed by atoms with van der Waals surface area (Å²) in [6.45, 7) is 1.83. The summed E-state index contributed by atoms with van der Waals surface area (Å²) in [5.41, 5.74) is 9.21. The van der Waals surface area contributed by atoms with Gasteiger partial charge in [0.1, 0.15) is 6.61 Å². The fraction of sp³-hybridized carbons (Fsp3) is 0.286. The van der Waals surface area contributed by atoms with E-state index in [0.29, 0.717) is 29.1 Å². The molecule has 2 aliphatic rings. The second-order valence-electron chi connectivity index (χ2n) is 7.42. The molecule has 0 radical (unpaired) electrons. The van der Waals surface area contributed by atoms with Crippen LogP contribution in [0.25, 0.3) is 22.3 Å². The lowest BCUT2D eigenvalue weighted by molar-refractivity contribution is -0.189. The highest BCUT2D eigenvalue weighted by Crippen LogP contribution is 2.36. The molecule has 5 rings (SSSR count). The molecule has 8 nitrogen and oxygen atoms in total. The van der Waals surface area contributed by atoms with Gasteiger partial charge in [-0.05, 0) is 25.1 Å². The van der Waals surface area contributed by atoms with Gasteiger partial charge < -0.3 is 24.9 Å². The summed E-state index contributed by atoms with van der Waals surface area (Å²) in [6, 6.07) is 10.8. The number of hydrogen-bond donors (Lipinski definition) is 2. The lowest BCUT2D eigenvalue weighted by Gasteiger charge is -2.28. The van der Waals surface area contributed by atoms with Crippen LogP contribution in [0.2, 0.25) is 0 Å². The number of pyridine rings is 2. The van der Waals surface area contributed by atoms with Gasteiger partial charge in [-0.15, -0.1) is 0 Å². The van der Waals surface area contributed by atoms with Crippen molar-refractivity contribution in [2.75, 3.05) is 0 Å². The molecule has 0 aliphatic carbocycles. The second-order valence-corrected chi connectivity index (χ2v) is 7.42. The number of benzene rings is 1. The van der Waals surface area contributed by atoms with Crippen LogP contribution < -0.4 is 11.3 Å². The van der Waals surface area contributed by atoms with Gasteiger partial charge in [0.15, 0.2) is 12.4 Å². The number of esters is 1. The first kappa shape index (κ1) is 18.0. The number of aliphatic hydroxyl groups is 1. The number of aliphatic hydroxyl groups excluding tert-OH is 1. The minimum Gasteiger partial charge on any atom is -0.458 e. The molecular weight excluding hydrogens is 374 g/mol. The Morgan fingerprint density at radius 1 is 1.31 bits per heavy atom. The number of aromatic nitrogens is 2. The SMILES string of the molecule is CC(N)C(O)O[C@@H]1C(=O)OCc2c1cc1n(c2=O)Cc2cc3ccccc3nc2-1. The van der Waals surface area contributed by atoms with Crippen molar-refractivity contribution in [1.82, 2.24) is 9.55 Å². The molecule has 0 bridgehead atoms. The Balaban J connectivity index is 1.68. The quantitative estimate of drug-likeness (QED) is 0.397. The van der Waals surface area contributed by atoms with Crippen molar-refractivity contribution in [2.45, 2.75) is 38.5 Å². The van der Waals surface area contributed by atoms with E-state index in [9.17, 15) is 14.7 Å². The molecule has 2 aliphatic heterocycles. The van der Waals surface area contributed by atoms with Crippen molar-refractivity contribution < 1.29 is 19.4 Å². The van der Waals surface area contributed by atoms with Gasteiger partial charge in [0, 0.05) is 16.5 Å². The molecule has 2 unspecified atom stereocenters. The van der Waals surface area contributed by atoms with Crippen molar-refractivity contribution in [3.05, 3.63) is 63.4 Å². The molecule has 0 fully saturated rings. The summed E-state index contributed by atoms with van der Waals surface area (Å²) in [4.78, 5) is 30.2. The predicted molar refractivity (Wildman–Crippen MR) is 104 cm³/mol. The minimum absolute atomic E-state index is 0.132. The second kappa shape index (κ2) is 6.48. The van der Waals surface area contributed by atoms with Gasteiger partial charge in [0.25, 0.3) is 5.56 Å². The maximum absolute atomic E-state index is 13.1. The minimum atomic E-state index is -1.37. The molecule has 4 heterocycles. The summed E-state index contributed by atoms with van der Waals surface area (Å²) in [7, 11) is 0. The van der Waals surface area contributed by atoms with E-state index in [1.807, 2.05) is 30.3 Å².